The van der Waals surface area contributed by atoms with Gasteiger partial charge in [0.2, 0.25) is 4.60 Å². The summed E-state index contributed by atoms with van der Waals surface area (Å²) in [4.78, 5) is 2.85. The second-order valence-corrected chi connectivity index (χ2v) is 2.99. The van der Waals surface area contributed by atoms with Crippen molar-refractivity contribution in [3.05, 3.63) is 22.8 Å². The summed E-state index contributed by atoms with van der Waals surface area (Å²) in [5.41, 5.74) is 0.671. The summed E-state index contributed by atoms with van der Waals surface area (Å²) in [7, 11) is 0.0191. The SMILES string of the molecule is O=Pc1cccc(Br)[nH+]1. The van der Waals surface area contributed by atoms with Gasteiger partial charge in [0.05, 0.1) is 0 Å². The molecule has 0 atom stereocenters. The van der Waals surface area contributed by atoms with Gasteiger partial charge in [-0.25, -0.2) is 0 Å². The van der Waals surface area contributed by atoms with Crippen LogP contribution in [0.15, 0.2) is 22.8 Å². The zero-order valence-electron chi connectivity index (χ0n) is 4.47. The molecule has 9 heavy (non-hydrogen) atoms. The minimum atomic E-state index is 0.0191. The van der Waals surface area contributed by atoms with Gasteiger partial charge in [0, 0.05) is 28.1 Å². The average Bonchev–Trinajstić information content (AvgIpc) is 1.88. The lowest BCUT2D eigenvalue weighted by Gasteiger charge is -1.79. The van der Waals surface area contributed by atoms with Crippen molar-refractivity contribution in [1.29, 1.82) is 0 Å². The van der Waals surface area contributed by atoms with Crippen molar-refractivity contribution in [3.63, 3.8) is 0 Å². The summed E-state index contributed by atoms with van der Waals surface area (Å²) in [6.07, 6.45) is 0. The van der Waals surface area contributed by atoms with Gasteiger partial charge >= 0.3 is 0 Å². The van der Waals surface area contributed by atoms with Crippen LogP contribution in [-0.4, -0.2) is 0 Å². The zero-order chi connectivity index (χ0) is 6.69. The van der Waals surface area contributed by atoms with Crippen molar-refractivity contribution in [2.75, 3.05) is 0 Å². The lowest BCUT2D eigenvalue weighted by atomic mass is 10.5. The lowest BCUT2D eigenvalue weighted by Crippen LogP contribution is -2.21. The first-order chi connectivity index (χ1) is 4.33. The molecule has 0 unspecified atom stereocenters. The van der Waals surface area contributed by atoms with E-state index in [0.29, 0.717) is 5.44 Å². The van der Waals surface area contributed by atoms with Gasteiger partial charge in [0.15, 0.2) is 0 Å². The zero-order valence-corrected chi connectivity index (χ0v) is 6.95. The first-order valence-electron chi connectivity index (χ1n) is 2.34. The van der Waals surface area contributed by atoms with Gasteiger partial charge in [-0.05, 0) is 6.07 Å². The molecule has 4 heteroatoms. The molecule has 0 saturated heterocycles. The molecule has 0 radical (unpaired) electrons. The summed E-state index contributed by atoms with van der Waals surface area (Å²) < 4.78 is 11.0. The third kappa shape index (κ3) is 1.84. The van der Waals surface area contributed by atoms with Gasteiger partial charge in [-0.15, -0.1) is 0 Å². The van der Waals surface area contributed by atoms with E-state index in [9.17, 15) is 4.57 Å². The van der Waals surface area contributed by atoms with E-state index in [1.54, 1.807) is 6.07 Å². The van der Waals surface area contributed by atoms with E-state index >= 15 is 0 Å². The smallest absolute Gasteiger partial charge is 0.263 e. The molecular weight excluding hydrogens is 201 g/mol. The van der Waals surface area contributed by atoms with E-state index in [4.69, 9.17) is 0 Å². The predicted molar refractivity (Wildman–Crippen MR) is 37.9 cm³/mol. The number of halogens is 1. The van der Waals surface area contributed by atoms with E-state index in [-0.39, 0.29) is 8.46 Å². The number of aromatic amines is 1. The fourth-order valence-electron chi connectivity index (χ4n) is 0.483. The molecule has 0 spiro atoms. The molecule has 1 aromatic heterocycles. The van der Waals surface area contributed by atoms with Crippen molar-refractivity contribution < 1.29 is 9.55 Å². The molecule has 0 aliphatic rings. The van der Waals surface area contributed by atoms with E-state index in [1.807, 2.05) is 12.1 Å². The van der Waals surface area contributed by atoms with Gasteiger partial charge in [0.1, 0.15) is 0 Å². The summed E-state index contributed by atoms with van der Waals surface area (Å²) in [5.74, 6) is 0. The third-order valence-electron chi connectivity index (χ3n) is 0.842. The maximum absolute atomic E-state index is 10.2. The molecule has 0 aliphatic heterocycles. The highest BCUT2D eigenvalue weighted by molar-refractivity contribution is 9.10. The van der Waals surface area contributed by atoms with E-state index in [2.05, 4.69) is 20.9 Å². The molecule has 1 rings (SSSR count). The fraction of sp³-hybridized carbons (Fsp3) is 0. The van der Waals surface area contributed by atoms with Crippen LogP contribution in [0.2, 0.25) is 0 Å². The Morgan fingerprint density at radius 3 is 2.78 bits per heavy atom. The maximum Gasteiger partial charge on any atom is 0.271 e. The normalized spacial score (nSPS) is 9.89. The molecule has 2 nitrogen and oxygen atoms in total. The van der Waals surface area contributed by atoms with Crippen LogP contribution in [0.25, 0.3) is 0 Å². The molecule has 0 aliphatic carbocycles. The molecule has 0 fully saturated rings. The number of hydrogen-bond acceptors (Lipinski definition) is 1. The van der Waals surface area contributed by atoms with Gasteiger partial charge in [0.25, 0.3) is 13.9 Å². The van der Waals surface area contributed by atoms with Crippen LogP contribution in [0.3, 0.4) is 0 Å². The van der Waals surface area contributed by atoms with Crippen LogP contribution < -0.4 is 10.4 Å². The Balaban J connectivity index is 3.07. The van der Waals surface area contributed by atoms with Crippen molar-refractivity contribution in [2.45, 2.75) is 0 Å². The highest BCUT2D eigenvalue weighted by Crippen LogP contribution is 1.98. The Kier molecular flexibility index (Phi) is 2.31. The quantitative estimate of drug-likeness (QED) is 0.500. The molecule has 1 N–H and O–H groups in total. The van der Waals surface area contributed by atoms with Crippen LogP contribution >= 0.6 is 24.4 Å². The standard InChI is InChI=1S/C5H3BrNOP/c6-4-2-1-3-5(7-4)9-8/h1-3H/p+1. The molecule has 0 amide bonds. The van der Waals surface area contributed by atoms with E-state index in [0.717, 1.165) is 4.60 Å². The maximum atomic E-state index is 10.2. The van der Waals surface area contributed by atoms with Crippen LogP contribution in [-0.2, 0) is 4.57 Å². The highest BCUT2D eigenvalue weighted by atomic mass is 79.9. The molecular formula is C5H4BrNOP+. The minimum absolute atomic E-state index is 0.0191. The van der Waals surface area contributed by atoms with Gasteiger partial charge < -0.3 is 0 Å². The molecule has 1 heterocycles. The van der Waals surface area contributed by atoms with E-state index in [1.165, 1.54) is 0 Å². The first kappa shape index (κ1) is 6.84. The molecule has 0 bridgehead atoms. The Morgan fingerprint density at radius 2 is 2.33 bits per heavy atom. The van der Waals surface area contributed by atoms with Crippen LogP contribution in [0.1, 0.15) is 0 Å². The Hall–Kier alpha value is -0.270. The Bertz CT molecular complexity index is 228. The second-order valence-electron chi connectivity index (χ2n) is 1.48. The van der Waals surface area contributed by atoms with Gasteiger partial charge in [-0.3, -0.25) is 4.57 Å². The van der Waals surface area contributed by atoms with Crippen LogP contribution in [0.5, 0.6) is 0 Å². The Morgan fingerprint density at radius 1 is 1.56 bits per heavy atom. The number of hydrogen-bond donors (Lipinski definition) is 0. The fourth-order valence-corrected chi connectivity index (χ4v) is 1.32. The minimum Gasteiger partial charge on any atom is -0.263 e. The van der Waals surface area contributed by atoms with Crippen molar-refractivity contribution in [2.24, 2.45) is 0 Å². The van der Waals surface area contributed by atoms with Crippen molar-refractivity contribution in [3.8, 4) is 0 Å². The molecule has 1 aromatic rings. The summed E-state index contributed by atoms with van der Waals surface area (Å²) in [6.45, 7) is 0. The first-order valence-corrected chi connectivity index (χ1v) is 3.94. The number of nitrogens with one attached hydrogen (secondary N) is 1. The number of pyridine rings is 1. The monoisotopic (exact) mass is 204 g/mol. The number of rotatable bonds is 1. The van der Waals surface area contributed by atoms with Crippen LogP contribution in [0, 0.1) is 0 Å². The van der Waals surface area contributed by atoms with Gasteiger partial charge in [-0.2, -0.15) is 4.98 Å². The number of H-pyrrole nitrogens is 1. The molecule has 0 saturated carbocycles. The Labute approximate surface area is 62.6 Å². The second kappa shape index (κ2) is 3.04. The average molecular weight is 205 g/mol. The summed E-state index contributed by atoms with van der Waals surface area (Å²) in [5, 5.41) is 0. The summed E-state index contributed by atoms with van der Waals surface area (Å²) in [6, 6.07) is 5.41. The highest BCUT2D eigenvalue weighted by Gasteiger charge is 1.99. The largest absolute Gasteiger partial charge is 0.271 e. The molecule has 46 valence electrons. The molecule has 0 aromatic carbocycles. The van der Waals surface area contributed by atoms with Crippen LogP contribution in [0.4, 0.5) is 0 Å². The predicted octanol–water partition coefficient (Wildman–Crippen LogP) is 1.18. The topological polar surface area (TPSA) is 31.2 Å². The van der Waals surface area contributed by atoms with E-state index < -0.39 is 0 Å². The number of aromatic nitrogens is 1. The summed E-state index contributed by atoms with van der Waals surface area (Å²) >= 11 is 3.20. The van der Waals surface area contributed by atoms with Gasteiger partial charge in [-0.1, -0.05) is 0 Å². The van der Waals surface area contributed by atoms with Crippen molar-refractivity contribution >= 4 is 29.8 Å². The lowest BCUT2D eigenvalue weighted by molar-refractivity contribution is -0.369. The third-order valence-corrected chi connectivity index (χ3v) is 1.76. The van der Waals surface area contributed by atoms with Crippen molar-refractivity contribution in [1.82, 2.24) is 0 Å².